The molecular weight excluding hydrogens is 413 g/mol. The van der Waals surface area contributed by atoms with Gasteiger partial charge in [-0.15, -0.1) is 6.07 Å². The second kappa shape index (κ2) is 3.55. The van der Waals surface area contributed by atoms with Gasteiger partial charge in [-0.3, -0.25) is 0 Å². The molecule has 1 rings (SSSR count). The first-order valence-corrected chi connectivity index (χ1v) is 2.93. The van der Waals surface area contributed by atoms with Crippen LogP contribution in [0.3, 0.4) is 0 Å². The Kier molecular flexibility index (Phi) is 2.79. The first-order valence-electron chi connectivity index (χ1n) is 2.93. The first-order chi connectivity index (χ1) is 5.24. The largest absolute Gasteiger partial charge is 0.509 e. The molecule has 0 fully saturated rings. The van der Waals surface area contributed by atoms with Crippen molar-refractivity contribution in [3.63, 3.8) is 0 Å². The van der Waals surface area contributed by atoms with Crippen LogP contribution < -0.4 is 5.56 Å². The van der Waals surface area contributed by atoms with Gasteiger partial charge in [-0.05, 0) is 5.56 Å². The molecule has 1 aromatic rings. The van der Waals surface area contributed by atoms with Crippen LogP contribution in [-0.2, 0) is 4.74 Å². The number of aromatic amines is 1. The van der Waals surface area contributed by atoms with Gasteiger partial charge in [0.2, 0.25) is 0 Å². The summed E-state index contributed by atoms with van der Waals surface area (Å²) in [6, 6.07) is 2.59. The van der Waals surface area contributed by atoms with E-state index < -0.39 is 5.97 Å². The van der Waals surface area contributed by atoms with Crippen molar-refractivity contribution < 1.29 is 9.53 Å². The second-order valence-corrected chi connectivity index (χ2v) is 1.85. The van der Waals surface area contributed by atoms with E-state index in [1.54, 1.807) is 0 Å². The molecule has 0 bridgehead atoms. The molecule has 12 heavy (non-hydrogen) atoms. The van der Waals surface area contributed by atoms with Crippen LogP contribution in [0.2, 0.25) is 0 Å². The monoisotopic (exact) mass is 419 g/mol. The molecule has 0 aliphatic carbocycles. The average molecular weight is 419 g/mol. The molecule has 0 saturated heterocycles. The Morgan fingerprint density at radius 2 is 2.25 bits per heavy atom. The van der Waals surface area contributed by atoms with Gasteiger partial charge >= 0.3 is 0 Å². The van der Waals surface area contributed by atoms with Crippen LogP contribution >= 0.6 is 0 Å². The number of carbonyl (C=O) groups is 1. The Morgan fingerprint density at radius 3 is 2.67 bits per heavy atom. The van der Waals surface area contributed by atoms with Gasteiger partial charge in [-0.25, -0.2) is 0 Å². The Balaban J connectivity index is 0.00000121. The molecule has 0 amide bonds. The number of rotatable bonds is 1. The van der Waals surface area contributed by atoms with Crippen LogP contribution in [0, 0.1) is 6.20 Å². The molecule has 0 radical (unpaired) electrons. The third kappa shape index (κ3) is 1.70. The van der Waals surface area contributed by atoms with Gasteiger partial charge in [0.15, 0.2) is 5.56 Å². The van der Waals surface area contributed by atoms with Crippen LogP contribution in [0.1, 0.15) is 10.4 Å². The van der Waals surface area contributed by atoms with Crippen LogP contribution in [0.25, 0.3) is 0 Å². The van der Waals surface area contributed by atoms with Crippen molar-refractivity contribution in [2.45, 2.75) is 0 Å². The summed E-state index contributed by atoms with van der Waals surface area (Å²) in [5.74, 6) is -0.513. The zero-order valence-electron chi connectivity index (χ0n) is 6.59. The minimum atomic E-state index is -0.513. The minimum absolute atomic E-state index is 0. The summed E-state index contributed by atoms with van der Waals surface area (Å²) in [5.41, 5.74) is -0.0789. The number of ether oxygens (including phenoxy) is 1. The van der Waals surface area contributed by atoms with Gasteiger partial charge in [0.1, 0.15) is 0 Å². The normalized spacial score (nSPS) is 8.42. The zero-order chi connectivity index (χ0) is 8.27. The fourth-order valence-corrected chi connectivity index (χ4v) is 0.600. The number of pyridine rings is 1. The van der Waals surface area contributed by atoms with Crippen molar-refractivity contribution in [1.29, 1.82) is 0 Å². The summed E-state index contributed by atoms with van der Waals surface area (Å²) in [6.07, 6.45) is 2.38. The van der Waals surface area contributed by atoms with E-state index >= 15 is 0 Å². The Bertz CT molecular complexity index is 300. The molecule has 1 heterocycles. The van der Waals surface area contributed by atoms with Gasteiger partial charge in [-0.1, -0.05) is 12.3 Å². The molecule has 1 aromatic heterocycles. The number of nitrogens with one attached hydrogen (secondary N) is 1. The first kappa shape index (κ1) is 9.42. The number of aromatic nitrogens is 1. The van der Waals surface area contributed by atoms with Crippen molar-refractivity contribution in [3.05, 3.63) is 34.2 Å². The third-order valence-electron chi connectivity index (χ3n) is 1.13. The van der Waals surface area contributed by atoms with E-state index in [4.69, 9.17) is 0 Å². The van der Waals surface area contributed by atoms with Crippen molar-refractivity contribution in [3.8, 4) is 0 Å². The van der Waals surface area contributed by atoms with Crippen molar-refractivity contribution in [2.75, 3.05) is 7.11 Å². The van der Waals surface area contributed by atoms with Crippen molar-refractivity contribution in [2.24, 2.45) is 0 Å². The van der Waals surface area contributed by atoms with Gasteiger partial charge in [0.25, 0.3) is 5.97 Å². The number of hydrogen-bond donors (Lipinski definition) is 1. The maximum Gasteiger partial charge on any atom is 0.251 e. The smallest absolute Gasteiger partial charge is 0.251 e. The van der Waals surface area contributed by atoms with Crippen LogP contribution in [0.4, 0.5) is 0 Å². The summed E-state index contributed by atoms with van der Waals surface area (Å²) in [7, 11) is 1.27. The van der Waals surface area contributed by atoms with Crippen molar-refractivity contribution >= 4 is 5.97 Å². The predicted molar refractivity (Wildman–Crippen MR) is 37.2 cm³/mol. The van der Waals surface area contributed by atoms with Crippen molar-refractivity contribution in [1.82, 2.24) is 4.98 Å². The topological polar surface area (TPSA) is 59.2 Å². The van der Waals surface area contributed by atoms with Crippen LogP contribution in [0.15, 0.2) is 16.9 Å². The molecule has 5 heteroatoms. The molecular formula is C7H6NO3Rf-. The number of carbonyl (C=O) groups excluding carboxylic acids is 1. The van der Waals surface area contributed by atoms with Gasteiger partial charge in [0.05, 0.1) is 7.11 Å². The SMILES string of the molecule is COC(=O)c1[c-][nH]c(=O)cc1.[Rf]. The van der Waals surface area contributed by atoms with E-state index in [0.29, 0.717) is 0 Å². The van der Waals surface area contributed by atoms with E-state index in [9.17, 15) is 9.59 Å². The molecule has 1 N–H and O–H groups in total. The molecule has 0 unspecified atom stereocenters. The molecule has 60 valence electrons. The van der Waals surface area contributed by atoms with Crippen LogP contribution in [-0.4, -0.2) is 18.1 Å². The Hall–Kier alpha value is -2.58. The molecule has 0 aliphatic rings. The van der Waals surface area contributed by atoms with E-state index in [2.05, 4.69) is 15.9 Å². The maximum atomic E-state index is 10.7. The third-order valence-corrected chi connectivity index (χ3v) is 1.13. The molecule has 0 aromatic carbocycles. The summed E-state index contributed by atoms with van der Waals surface area (Å²) in [4.78, 5) is 23.5. The van der Waals surface area contributed by atoms with Gasteiger partial charge < -0.3 is 19.3 Å². The molecule has 0 atom stereocenters. The quantitative estimate of drug-likeness (QED) is 0.514. The number of methoxy groups -OCH3 is 1. The zero-order valence-corrected chi connectivity index (χ0v) is 13.0. The number of esters is 1. The van der Waals surface area contributed by atoms with Gasteiger partial charge in [-0.2, -0.15) is 0 Å². The summed E-state index contributed by atoms with van der Waals surface area (Å²) < 4.78 is 4.38. The molecule has 0 saturated carbocycles. The second-order valence-electron chi connectivity index (χ2n) is 1.85. The Labute approximate surface area is 62.8 Å². The standard InChI is InChI=1S/C7H6NO3.Rf/c1-11-7(10)5-2-3-6(9)8-4-5;/h2-3H,1H3,(H,8,9);/q-1;. The Morgan fingerprint density at radius 1 is 1.58 bits per heavy atom. The summed E-state index contributed by atoms with van der Waals surface area (Å²) in [6.45, 7) is 0. The number of H-pyrrole nitrogens is 1. The van der Waals surface area contributed by atoms with E-state index in [1.165, 1.54) is 19.2 Å². The van der Waals surface area contributed by atoms with E-state index in [0.717, 1.165) is 0 Å². The molecule has 0 spiro atoms. The summed E-state index contributed by atoms with van der Waals surface area (Å²) in [5, 5.41) is 0. The molecule has 4 nitrogen and oxygen atoms in total. The average Bonchev–Trinajstić information content (AvgIpc) is 2.05. The minimum Gasteiger partial charge on any atom is -0.509 e. The maximum absolute atomic E-state index is 10.7. The predicted octanol–water partition coefficient (Wildman–Crippen LogP) is -0.0383. The fourth-order valence-electron chi connectivity index (χ4n) is 0.600. The molecule has 0 aliphatic heterocycles. The van der Waals surface area contributed by atoms with Crippen LogP contribution in [0.5, 0.6) is 0 Å². The summed E-state index contributed by atoms with van der Waals surface area (Å²) >= 11 is 0. The number of hydrogen-bond acceptors (Lipinski definition) is 3. The fraction of sp³-hybridized carbons (Fsp3) is 0.143. The van der Waals surface area contributed by atoms with Gasteiger partial charge in [0, 0.05) is 0 Å². The van der Waals surface area contributed by atoms with E-state index in [-0.39, 0.29) is 11.1 Å². The van der Waals surface area contributed by atoms with E-state index in [1.807, 2.05) is 0 Å².